The number of allylic oxidation sites excluding steroid dienone is 1. The lowest BCUT2D eigenvalue weighted by Crippen LogP contribution is -2.21. The number of anilines is 2. The molecule has 0 saturated heterocycles. The summed E-state index contributed by atoms with van der Waals surface area (Å²) < 4.78 is 37.9. The van der Waals surface area contributed by atoms with Gasteiger partial charge < -0.3 is 11.1 Å². The lowest BCUT2D eigenvalue weighted by atomic mass is 10.1. The molecular weight excluding hydrogens is 317 g/mol. The molecule has 0 fully saturated rings. The lowest BCUT2D eigenvalue weighted by Gasteiger charge is -2.15. The van der Waals surface area contributed by atoms with Crippen LogP contribution in [0.3, 0.4) is 0 Å². The predicted octanol–water partition coefficient (Wildman–Crippen LogP) is 4.47. The maximum absolute atomic E-state index is 12.6. The van der Waals surface area contributed by atoms with Crippen LogP contribution in [0.2, 0.25) is 0 Å². The van der Waals surface area contributed by atoms with Crippen molar-refractivity contribution in [2.24, 2.45) is 0 Å². The number of rotatable bonds is 4. The second-order valence-corrected chi connectivity index (χ2v) is 5.43. The van der Waals surface area contributed by atoms with E-state index >= 15 is 0 Å². The highest BCUT2D eigenvalue weighted by molar-refractivity contribution is 6.02. The number of nitrogens with one attached hydrogen (secondary N) is 1. The van der Waals surface area contributed by atoms with Crippen molar-refractivity contribution in [1.29, 1.82) is 0 Å². The van der Waals surface area contributed by atoms with Gasteiger partial charge in [-0.2, -0.15) is 13.2 Å². The Morgan fingerprint density at radius 3 is 2.29 bits per heavy atom. The Hall–Kier alpha value is -2.76. The molecule has 2 rings (SSSR count). The summed E-state index contributed by atoms with van der Waals surface area (Å²) in [6.07, 6.45) is -4.37. The Morgan fingerprint density at radius 2 is 1.71 bits per heavy atom. The minimum Gasteiger partial charge on any atom is -0.398 e. The fourth-order valence-corrected chi connectivity index (χ4v) is 2.07. The average molecular weight is 334 g/mol. The number of hydrogen-bond donors (Lipinski definition) is 2. The van der Waals surface area contributed by atoms with Gasteiger partial charge in [-0.3, -0.25) is 4.79 Å². The average Bonchev–Trinajstić information content (AvgIpc) is 2.51. The largest absolute Gasteiger partial charge is 0.454 e. The molecule has 3 nitrogen and oxygen atoms in total. The van der Waals surface area contributed by atoms with Gasteiger partial charge in [0.1, 0.15) is 0 Å². The number of hydrogen-bond acceptors (Lipinski definition) is 3. The van der Waals surface area contributed by atoms with Crippen molar-refractivity contribution in [2.45, 2.75) is 20.0 Å². The third-order valence-electron chi connectivity index (χ3n) is 3.56. The van der Waals surface area contributed by atoms with Crippen LogP contribution in [0.25, 0.3) is 5.70 Å². The van der Waals surface area contributed by atoms with Crippen LogP contribution in [0.15, 0.2) is 48.5 Å². The second kappa shape index (κ2) is 6.78. The van der Waals surface area contributed by atoms with Crippen LogP contribution in [-0.4, -0.2) is 12.0 Å². The molecule has 0 aromatic heterocycles. The van der Waals surface area contributed by atoms with Gasteiger partial charge in [0.05, 0.1) is 0 Å². The summed E-state index contributed by atoms with van der Waals surface area (Å²) >= 11 is 0. The van der Waals surface area contributed by atoms with Crippen molar-refractivity contribution < 1.29 is 18.0 Å². The summed E-state index contributed by atoms with van der Waals surface area (Å²) in [5.41, 5.74) is 9.04. The van der Waals surface area contributed by atoms with Crippen LogP contribution in [0.4, 0.5) is 24.5 Å². The van der Waals surface area contributed by atoms with Gasteiger partial charge in [0.2, 0.25) is 0 Å². The van der Waals surface area contributed by atoms with E-state index in [1.807, 2.05) is 6.92 Å². The smallest absolute Gasteiger partial charge is 0.398 e. The predicted molar refractivity (Wildman–Crippen MR) is 89.4 cm³/mol. The summed E-state index contributed by atoms with van der Waals surface area (Å²) in [5, 5.41) is 2.89. The fraction of sp³-hybridized carbons (Fsp3) is 0.167. The SMILES string of the molecule is Cc1ccc(/C(=C/C(=O)C(F)(F)F)Nc2cccc(N)c2C)cc1. The van der Waals surface area contributed by atoms with E-state index in [4.69, 9.17) is 5.73 Å². The number of benzene rings is 2. The van der Waals surface area contributed by atoms with Gasteiger partial charge in [0.15, 0.2) is 0 Å². The number of carbonyl (C=O) groups is 1. The zero-order valence-electron chi connectivity index (χ0n) is 13.2. The van der Waals surface area contributed by atoms with Crippen molar-refractivity contribution in [3.63, 3.8) is 0 Å². The molecule has 2 aromatic carbocycles. The summed E-state index contributed by atoms with van der Waals surface area (Å²) in [6, 6.07) is 11.9. The van der Waals surface area contributed by atoms with Crippen LogP contribution in [0.5, 0.6) is 0 Å². The van der Waals surface area contributed by atoms with Crippen molar-refractivity contribution in [1.82, 2.24) is 0 Å². The van der Waals surface area contributed by atoms with Gasteiger partial charge in [0, 0.05) is 23.1 Å². The van der Waals surface area contributed by atoms with E-state index in [2.05, 4.69) is 5.32 Å². The normalized spacial score (nSPS) is 12.1. The number of alkyl halides is 3. The third-order valence-corrected chi connectivity index (χ3v) is 3.56. The van der Waals surface area contributed by atoms with E-state index in [9.17, 15) is 18.0 Å². The third kappa shape index (κ3) is 4.16. The monoisotopic (exact) mass is 334 g/mol. The number of aryl methyl sites for hydroxylation is 1. The Balaban J connectivity index is 2.47. The summed E-state index contributed by atoms with van der Waals surface area (Å²) in [6.45, 7) is 3.61. The van der Waals surface area contributed by atoms with Gasteiger partial charge in [0.25, 0.3) is 5.78 Å². The fourth-order valence-electron chi connectivity index (χ4n) is 2.07. The Labute approximate surface area is 138 Å². The second-order valence-electron chi connectivity index (χ2n) is 5.43. The number of halogens is 3. The highest BCUT2D eigenvalue weighted by Gasteiger charge is 2.37. The zero-order chi connectivity index (χ0) is 17.9. The number of nitrogens with two attached hydrogens (primary N) is 1. The molecule has 0 heterocycles. The maximum Gasteiger partial charge on any atom is 0.454 e. The molecule has 0 atom stereocenters. The Morgan fingerprint density at radius 1 is 1.08 bits per heavy atom. The molecule has 0 aliphatic heterocycles. The molecule has 2 aromatic rings. The zero-order valence-corrected chi connectivity index (χ0v) is 13.2. The summed E-state index contributed by atoms with van der Waals surface area (Å²) in [4.78, 5) is 11.4. The van der Waals surface area contributed by atoms with Gasteiger partial charge >= 0.3 is 6.18 Å². The first-order valence-corrected chi connectivity index (χ1v) is 7.20. The maximum atomic E-state index is 12.6. The molecule has 0 aliphatic rings. The molecule has 3 N–H and O–H groups in total. The van der Waals surface area contributed by atoms with Gasteiger partial charge in [-0.1, -0.05) is 35.9 Å². The first-order chi connectivity index (χ1) is 11.2. The first-order valence-electron chi connectivity index (χ1n) is 7.20. The van der Waals surface area contributed by atoms with Gasteiger partial charge in [-0.25, -0.2) is 0 Å². The molecule has 0 bridgehead atoms. The molecule has 126 valence electrons. The van der Waals surface area contributed by atoms with Crippen LogP contribution >= 0.6 is 0 Å². The molecule has 0 spiro atoms. The topological polar surface area (TPSA) is 55.1 Å². The molecule has 0 saturated carbocycles. The van der Waals surface area contributed by atoms with Crippen LogP contribution in [0.1, 0.15) is 16.7 Å². The standard InChI is InChI=1S/C18H17F3N2O/c1-11-6-8-13(9-7-11)16(10-17(24)18(19,20)21)23-15-5-3-4-14(22)12(15)2/h3-10,23H,22H2,1-2H3/b16-10-. The van der Waals surface area contributed by atoms with Gasteiger partial charge in [-0.05, 0) is 37.1 Å². The van der Waals surface area contributed by atoms with E-state index in [0.29, 0.717) is 28.6 Å². The highest BCUT2D eigenvalue weighted by atomic mass is 19.4. The number of nitrogen functional groups attached to an aromatic ring is 1. The summed E-state index contributed by atoms with van der Waals surface area (Å²) in [7, 11) is 0. The van der Waals surface area contributed by atoms with E-state index in [1.165, 1.54) is 0 Å². The lowest BCUT2D eigenvalue weighted by molar-refractivity contribution is -0.165. The minimum atomic E-state index is -4.93. The van der Waals surface area contributed by atoms with E-state index < -0.39 is 12.0 Å². The van der Waals surface area contributed by atoms with Crippen LogP contribution in [0, 0.1) is 13.8 Å². The highest BCUT2D eigenvalue weighted by Crippen LogP contribution is 2.27. The molecule has 0 unspecified atom stereocenters. The quantitative estimate of drug-likeness (QED) is 0.641. The molecule has 6 heteroatoms. The molecule has 0 amide bonds. The first kappa shape index (κ1) is 17.6. The van der Waals surface area contributed by atoms with Crippen molar-refractivity contribution in [2.75, 3.05) is 11.1 Å². The Kier molecular flexibility index (Phi) is 4.97. The van der Waals surface area contributed by atoms with Crippen molar-refractivity contribution in [3.8, 4) is 0 Å². The van der Waals surface area contributed by atoms with Gasteiger partial charge in [-0.15, -0.1) is 0 Å². The molecule has 0 radical (unpaired) electrons. The van der Waals surface area contributed by atoms with E-state index in [1.54, 1.807) is 49.4 Å². The molecule has 0 aliphatic carbocycles. The summed E-state index contributed by atoms with van der Waals surface area (Å²) in [5.74, 6) is -1.92. The Bertz CT molecular complexity index is 778. The molecular formula is C18H17F3N2O. The minimum absolute atomic E-state index is 0.0611. The van der Waals surface area contributed by atoms with Crippen LogP contribution < -0.4 is 11.1 Å². The van der Waals surface area contributed by atoms with E-state index in [0.717, 1.165) is 5.56 Å². The van der Waals surface area contributed by atoms with Crippen molar-refractivity contribution >= 4 is 22.9 Å². The number of ketones is 1. The van der Waals surface area contributed by atoms with E-state index in [-0.39, 0.29) is 5.70 Å². The van der Waals surface area contributed by atoms with Crippen LogP contribution in [-0.2, 0) is 4.79 Å². The number of carbonyl (C=O) groups excluding carboxylic acids is 1. The molecule has 24 heavy (non-hydrogen) atoms. The van der Waals surface area contributed by atoms with Crippen molar-refractivity contribution in [3.05, 3.63) is 65.2 Å².